The van der Waals surface area contributed by atoms with Gasteiger partial charge in [-0.25, -0.2) is 13.2 Å². The Balaban J connectivity index is 1.76. The highest BCUT2D eigenvalue weighted by Gasteiger charge is 2.36. The van der Waals surface area contributed by atoms with E-state index in [1.165, 1.54) is 11.8 Å². The van der Waals surface area contributed by atoms with Crippen LogP contribution in [0.1, 0.15) is 36.3 Å². The third-order valence-electron chi connectivity index (χ3n) is 5.09. The average Bonchev–Trinajstić information content (AvgIpc) is 3.01. The molecule has 2 heterocycles. The van der Waals surface area contributed by atoms with Crippen molar-refractivity contribution in [1.82, 2.24) is 9.88 Å². The Morgan fingerprint density at radius 3 is 2.69 bits per heavy atom. The lowest BCUT2D eigenvalue weighted by atomic mass is 10.1. The molecule has 1 aliphatic rings. The quantitative estimate of drug-likeness (QED) is 0.666. The van der Waals surface area contributed by atoms with Crippen LogP contribution in [0.5, 0.6) is 0 Å². The molecule has 29 heavy (non-hydrogen) atoms. The summed E-state index contributed by atoms with van der Waals surface area (Å²) in [4.78, 5) is 31.4. The van der Waals surface area contributed by atoms with Crippen molar-refractivity contribution in [2.24, 2.45) is 0 Å². The number of benzene rings is 1. The van der Waals surface area contributed by atoms with E-state index in [2.05, 4.69) is 4.98 Å². The Bertz CT molecular complexity index is 1070. The van der Waals surface area contributed by atoms with E-state index in [4.69, 9.17) is 16.3 Å². The molecular weight excluding hydrogens is 416 g/mol. The summed E-state index contributed by atoms with van der Waals surface area (Å²) in [5, 5.41) is 1.22. The molecule has 0 aliphatic carbocycles. The summed E-state index contributed by atoms with van der Waals surface area (Å²) in [6.07, 6.45) is -0.642. The summed E-state index contributed by atoms with van der Waals surface area (Å²) < 4.78 is 28.9. The number of hydrogen-bond donors (Lipinski definition) is 0. The second kappa shape index (κ2) is 8.28. The number of fused-ring (bicyclic) bond motifs is 1. The number of esters is 1. The van der Waals surface area contributed by atoms with E-state index in [0.29, 0.717) is 34.6 Å². The Labute approximate surface area is 174 Å². The molecule has 0 N–H and O–H groups in total. The summed E-state index contributed by atoms with van der Waals surface area (Å²) in [5.74, 6) is -1.05. The summed E-state index contributed by atoms with van der Waals surface area (Å²) in [5.41, 5.74) is 1.44. The fraction of sp³-hybridized carbons (Fsp3) is 0.450. The minimum Gasteiger partial charge on any atom is -0.449 e. The largest absolute Gasteiger partial charge is 0.449 e. The van der Waals surface area contributed by atoms with Crippen molar-refractivity contribution in [3.63, 3.8) is 0 Å². The van der Waals surface area contributed by atoms with Gasteiger partial charge in [0.15, 0.2) is 15.9 Å². The Morgan fingerprint density at radius 2 is 2.07 bits per heavy atom. The topological polar surface area (TPSA) is 93.6 Å². The number of carbonyl (C=O) groups excluding carboxylic acids is 2. The van der Waals surface area contributed by atoms with E-state index in [1.807, 2.05) is 0 Å². The molecule has 0 radical (unpaired) electrons. The van der Waals surface area contributed by atoms with Gasteiger partial charge in [0.2, 0.25) is 0 Å². The molecular formula is C20H23ClN2O5S. The van der Waals surface area contributed by atoms with E-state index in [9.17, 15) is 18.0 Å². The van der Waals surface area contributed by atoms with Gasteiger partial charge in [-0.3, -0.25) is 9.78 Å². The maximum atomic E-state index is 12.8. The van der Waals surface area contributed by atoms with Gasteiger partial charge < -0.3 is 9.64 Å². The normalized spacial score (nSPS) is 19.1. The molecule has 1 fully saturated rings. The van der Waals surface area contributed by atoms with Gasteiger partial charge >= 0.3 is 5.97 Å². The second-order valence-electron chi connectivity index (χ2n) is 7.19. The van der Waals surface area contributed by atoms with Crippen molar-refractivity contribution in [3.8, 4) is 0 Å². The van der Waals surface area contributed by atoms with E-state index in [0.717, 1.165) is 0 Å². The van der Waals surface area contributed by atoms with Crippen LogP contribution in [0.15, 0.2) is 24.3 Å². The van der Waals surface area contributed by atoms with E-state index in [-0.39, 0.29) is 23.1 Å². The molecule has 9 heteroatoms. The lowest BCUT2D eigenvalue weighted by Crippen LogP contribution is -2.46. The smallest absolute Gasteiger partial charge is 0.340 e. The van der Waals surface area contributed by atoms with Crippen LogP contribution in [0, 0.1) is 6.92 Å². The van der Waals surface area contributed by atoms with Crippen LogP contribution in [0.4, 0.5) is 0 Å². The van der Waals surface area contributed by atoms with Gasteiger partial charge in [-0.15, -0.1) is 0 Å². The molecule has 0 spiro atoms. The lowest BCUT2D eigenvalue weighted by molar-refractivity contribution is -0.141. The molecule has 0 saturated carbocycles. The molecule has 1 aromatic heterocycles. The van der Waals surface area contributed by atoms with Crippen molar-refractivity contribution in [2.45, 2.75) is 39.3 Å². The SMILES string of the molecule is CCN(C(=O)C(C)OC(=O)c1cc2cc(Cl)ccc2nc1C)C1CCS(=O)(=O)C1. The summed E-state index contributed by atoms with van der Waals surface area (Å²) >= 11 is 6.01. The number of rotatable bonds is 5. The molecule has 1 aliphatic heterocycles. The molecule has 1 saturated heterocycles. The average molecular weight is 439 g/mol. The highest BCUT2D eigenvalue weighted by molar-refractivity contribution is 7.91. The van der Waals surface area contributed by atoms with Gasteiger partial charge in [-0.1, -0.05) is 11.6 Å². The number of carbonyl (C=O) groups is 2. The third kappa shape index (κ3) is 4.70. The number of aryl methyl sites for hydroxylation is 1. The van der Waals surface area contributed by atoms with Crippen molar-refractivity contribution in [2.75, 3.05) is 18.1 Å². The van der Waals surface area contributed by atoms with Crippen molar-refractivity contribution in [1.29, 1.82) is 0 Å². The lowest BCUT2D eigenvalue weighted by Gasteiger charge is -2.29. The summed E-state index contributed by atoms with van der Waals surface area (Å²) in [6.45, 7) is 5.31. The molecule has 0 bridgehead atoms. The first-order valence-corrected chi connectivity index (χ1v) is 11.6. The maximum absolute atomic E-state index is 12.8. The number of aromatic nitrogens is 1. The van der Waals surface area contributed by atoms with Gasteiger partial charge in [0.05, 0.1) is 28.3 Å². The van der Waals surface area contributed by atoms with Gasteiger partial charge in [-0.05, 0) is 51.5 Å². The molecule has 2 aromatic rings. The van der Waals surface area contributed by atoms with E-state index in [1.54, 1.807) is 38.1 Å². The fourth-order valence-corrected chi connectivity index (χ4v) is 5.48. The van der Waals surface area contributed by atoms with Gasteiger partial charge in [-0.2, -0.15) is 0 Å². The van der Waals surface area contributed by atoms with Crippen molar-refractivity contribution < 1.29 is 22.7 Å². The van der Waals surface area contributed by atoms with Crippen LogP contribution in [-0.2, 0) is 19.4 Å². The first kappa shape index (κ1) is 21.5. The van der Waals surface area contributed by atoms with Crippen LogP contribution in [0.25, 0.3) is 10.9 Å². The minimum atomic E-state index is -3.13. The zero-order chi connectivity index (χ0) is 21.3. The highest BCUT2D eigenvalue weighted by atomic mass is 35.5. The number of likely N-dealkylation sites (N-methyl/N-ethyl adjacent to an activating group) is 1. The zero-order valence-corrected chi connectivity index (χ0v) is 18.1. The number of nitrogens with zero attached hydrogens (tertiary/aromatic N) is 2. The number of amides is 1. The fourth-order valence-electron chi connectivity index (χ4n) is 3.57. The van der Waals surface area contributed by atoms with Gasteiger partial charge in [0.1, 0.15) is 0 Å². The van der Waals surface area contributed by atoms with E-state index < -0.39 is 27.8 Å². The first-order chi connectivity index (χ1) is 13.6. The van der Waals surface area contributed by atoms with Crippen LogP contribution in [-0.4, -0.2) is 60.4 Å². The summed E-state index contributed by atoms with van der Waals surface area (Å²) in [7, 11) is -3.13. The number of halogens is 1. The number of hydrogen-bond acceptors (Lipinski definition) is 6. The predicted molar refractivity (Wildman–Crippen MR) is 111 cm³/mol. The predicted octanol–water partition coefficient (Wildman–Crippen LogP) is 2.78. The third-order valence-corrected chi connectivity index (χ3v) is 7.08. The summed E-state index contributed by atoms with van der Waals surface area (Å²) in [6, 6.07) is 6.45. The van der Waals surface area contributed by atoms with Crippen molar-refractivity contribution >= 4 is 44.2 Å². The first-order valence-electron chi connectivity index (χ1n) is 9.40. The monoisotopic (exact) mass is 438 g/mol. The number of sulfone groups is 1. The standard InChI is InChI=1S/C20H23ClN2O5S/c1-4-23(16-7-8-29(26,27)11-16)19(24)13(3)28-20(25)17-10-14-9-15(21)5-6-18(14)22-12(17)2/h5-6,9-10,13,16H,4,7-8,11H2,1-3H3. The molecule has 1 aromatic carbocycles. The molecule has 7 nitrogen and oxygen atoms in total. The van der Waals surface area contributed by atoms with Gasteiger partial charge in [0.25, 0.3) is 5.91 Å². The Kier molecular flexibility index (Phi) is 6.14. The van der Waals surface area contributed by atoms with Crippen LogP contribution < -0.4 is 0 Å². The van der Waals surface area contributed by atoms with Gasteiger partial charge in [0, 0.05) is 23.0 Å². The number of ether oxygens (including phenoxy) is 1. The van der Waals surface area contributed by atoms with E-state index >= 15 is 0 Å². The zero-order valence-electron chi connectivity index (χ0n) is 16.5. The molecule has 156 valence electrons. The highest BCUT2D eigenvalue weighted by Crippen LogP contribution is 2.22. The van der Waals surface area contributed by atoms with Crippen LogP contribution in [0.2, 0.25) is 5.02 Å². The molecule has 2 atom stereocenters. The maximum Gasteiger partial charge on any atom is 0.340 e. The van der Waals surface area contributed by atoms with Crippen LogP contribution >= 0.6 is 11.6 Å². The Hall–Kier alpha value is -2.19. The molecule has 3 rings (SSSR count). The van der Waals surface area contributed by atoms with Crippen molar-refractivity contribution in [3.05, 3.63) is 40.5 Å². The minimum absolute atomic E-state index is 0.0539. The Morgan fingerprint density at radius 1 is 1.34 bits per heavy atom. The molecule has 1 amide bonds. The van der Waals surface area contributed by atoms with Crippen LogP contribution in [0.3, 0.4) is 0 Å². The number of pyridine rings is 1. The molecule has 2 unspecified atom stereocenters. The second-order valence-corrected chi connectivity index (χ2v) is 9.85.